The summed E-state index contributed by atoms with van der Waals surface area (Å²) in [5.74, 6) is 0.483. The summed E-state index contributed by atoms with van der Waals surface area (Å²) < 4.78 is 5.15. The van der Waals surface area contributed by atoms with Crippen molar-refractivity contribution in [2.24, 2.45) is 5.92 Å². The number of nitrogens with zero attached hydrogens (tertiary/aromatic N) is 2. The SMILES string of the molecule is COc1ccc(NC(=O)C2CCC(N3Cc4c(C)cccc4C3=O)CC2)cc1C#N. The second-order valence-corrected chi connectivity index (χ2v) is 8.06. The van der Waals surface area contributed by atoms with Gasteiger partial charge in [-0.1, -0.05) is 12.1 Å². The van der Waals surface area contributed by atoms with Crippen LogP contribution in [0.3, 0.4) is 0 Å². The number of aryl methyl sites for hydroxylation is 1. The van der Waals surface area contributed by atoms with Crippen molar-refractivity contribution in [2.75, 3.05) is 12.4 Å². The molecule has 0 radical (unpaired) electrons. The fraction of sp³-hybridized carbons (Fsp3) is 0.375. The van der Waals surface area contributed by atoms with E-state index in [4.69, 9.17) is 4.74 Å². The molecule has 1 saturated carbocycles. The van der Waals surface area contributed by atoms with Crippen molar-refractivity contribution in [2.45, 2.75) is 45.2 Å². The van der Waals surface area contributed by atoms with Gasteiger partial charge in [-0.3, -0.25) is 9.59 Å². The normalized spacial score (nSPS) is 20.4. The molecule has 2 aromatic carbocycles. The minimum atomic E-state index is -0.0873. The molecule has 6 heteroatoms. The van der Waals surface area contributed by atoms with Gasteiger partial charge in [0, 0.05) is 29.8 Å². The lowest BCUT2D eigenvalue weighted by Gasteiger charge is -2.34. The molecule has 1 fully saturated rings. The Morgan fingerprint density at radius 1 is 1.20 bits per heavy atom. The molecule has 1 N–H and O–H groups in total. The highest BCUT2D eigenvalue weighted by atomic mass is 16.5. The van der Waals surface area contributed by atoms with Crippen LogP contribution in [0.4, 0.5) is 5.69 Å². The number of nitriles is 1. The molecule has 0 atom stereocenters. The molecule has 2 amide bonds. The molecule has 154 valence electrons. The third-order valence-corrected chi connectivity index (χ3v) is 6.33. The molecular formula is C24H25N3O3. The number of hydrogen-bond acceptors (Lipinski definition) is 4. The van der Waals surface area contributed by atoms with E-state index in [9.17, 15) is 14.9 Å². The number of fused-ring (bicyclic) bond motifs is 1. The number of benzene rings is 2. The first-order chi connectivity index (χ1) is 14.5. The molecule has 4 rings (SSSR count). The van der Waals surface area contributed by atoms with Gasteiger partial charge in [-0.2, -0.15) is 5.26 Å². The molecule has 6 nitrogen and oxygen atoms in total. The molecule has 0 saturated heterocycles. The van der Waals surface area contributed by atoms with Crippen LogP contribution in [0.25, 0.3) is 0 Å². The molecule has 0 unspecified atom stereocenters. The average Bonchev–Trinajstić information content (AvgIpc) is 3.11. The monoisotopic (exact) mass is 403 g/mol. The zero-order valence-corrected chi connectivity index (χ0v) is 17.3. The van der Waals surface area contributed by atoms with Crippen molar-refractivity contribution in [3.8, 4) is 11.8 Å². The summed E-state index contributed by atoms with van der Waals surface area (Å²) in [6.45, 7) is 2.72. The highest BCUT2D eigenvalue weighted by Crippen LogP contribution is 2.34. The quantitative estimate of drug-likeness (QED) is 0.836. The fourth-order valence-corrected chi connectivity index (χ4v) is 4.57. The molecule has 0 bridgehead atoms. The molecular weight excluding hydrogens is 378 g/mol. The highest BCUT2D eigenvalue weighted by molar-refractivity contribution is 5.99. The van der Waals surface area contributed by atoms with Crippen molar-refractivity contribution in [1.82, 2.24) is 4.90 Å². The maximum absolute atomic E-state index is 12.8. The van der Waals surface area contributed by atoms with Crippen LogP contribution in [0.2, 0.25) is 0 Å². The number of rotatable bonds is 4. The summed E-state index contributed by atoms with van der Waals surface area (Å²) >= 11 is 0. The van der Waals surface area contributed by atoms with Crippen LogP contribution in [0.1, 0.15) is 52.7 Å². The molecule has 1 aliphatic heterocycles. The zero-order valence-electron chi connectivity index (χ0n) is 17.3. The largest absolute Gasteiger partial charge is 0.495 e. The smallest absolute Gasteiger partial charge is 0.254 e. The van der Waals surface area contributed by atoms with E-state index >= 15 is 0 Å². The number of carbonyl (C=O) groups excluding carboxylic acids is 2. The highest BCUT2D eigenvalue weighted by Gasteiger charge is 2.36. The Kier molecular flexibility index (Phi) is 5.45. The van der Waals surface area contributed by atoms with E-state index in [2.05, 4.69) is 11.4 Å². The molecule has 0 spiro atoms. The lowest BCUT2D eigenvalue weighted by Crippen LogP contribution is -2.40. The number of amides is 2. The Bertz CT molecular complexity index is 1030. The van der Waals surface area contributed by atoms with Gasteiger partial charge in [0.15, 0.2) is 0 Å². The molecule has 0 aromatic heterocycles. The van der Waals surface area contributed by atoms with Crippen molar-refractivity contribution in [3.05, 3.63) is 58.7 Å². The molecule has 1 aliphatic carbocycles. The minimum Gasteiger partial charge on any atom is -0.495 e. The second-order valence-electron chi connectivity index (χ2n) is 8.06. The predicted molar refractivity (Wildman–Crippen MR) is 113 cm³/mol. The van der Waals surface area contributed by atoms with Gasteiger partial charge in [-0.25, -0.2) is 0 Å². The van der Waals surface area contributed by atoms with Crippen LogP contribution in [0.15, 0.2) is 36.4 Å². The predicted octanol–water partition coefficient (Wildman–Crippen LogP) is 4.03. The number of hydrogen-bond donors (Lipinski definition) is 1. The van der Waals surface area contributed by atoms with E-state index < -0.39 is 0 Å². The lowest BCUT2D eigenvalue weighted by atomic mass is 9.84. The van der Waals surface area contributed by atoms with Gasteiger partial charge in [-0.05, 0) is 68.0 Å². The molecule has 30 heavy (non-hydrogen) atoms. The third kappa shape index (κ3) is 3.63. The van der Waals surface area contributed by atoms with Crippen molar-refractivity contribution in [1.29, 1.82) is 5.26 Å². The summed E-state index contributed by atoms with van der Waals surface area (Å²) in [7, 11) is 1.51. The fourth-order valence-electron chi connectivity index (χ4n) is 4.57. The molecule has 2 aromatic rings. The van der Waals surface area contributed by atoms with Crippen LogP contribution in [0.5, 0.6) is 5.75 Å². The van der Waals surface area contributed by atoms with Gasteiger partial charge in [-0.15, -0.1) is 0 Å². The number of nitrogens with one attached hydrogen (secondary N) is 1. The summed E-state index contributed by atoms with van der Waals surface area (Å²) in [6.07, 6.45) is 3.14. The minimum absolute atomic E-state index is 0.0330. The number of methoxy groups -OCH3 is 1. The second kappa shape index (κ2) is 8.19. The van der Waals surface area contributed by atoms with E-state index in [1.165, 1.54) is 7.11 Å². The van der Waals surface area contributed by atoms with Gasteiger partial charge >= 0.3 is 0 Å². The van der Waals surface area contributed by atoms with E-state index in [1.807, 2.05) is 30.0 Å². The van der Waals surface area contributed by atoms with Crippen LogP contribution in [0, 0.1) is 24.2 Å². The Hall–Kier alpha value is -3.33. The van der Waals surface area contributed by atoms with Crippen LogP contribution < -0.4 is 10.1 Å². The third-order valence-electron chi connectivity index (χ3n) is 6.33. The standard InChI is InChI=1S/C24H25N3O3/c1-15-4-3-5-20-21(15)14-27(24(20)29)19-9-6-16(7-10-19)23(28)26-18-8-11-22(30-2)17(12-18)13-25/h3-5,8,11-12,16,19H,6-7,9-10,14H2,1-2H3,(H,26,28). The van der Waals surface area contributed by atoms with Crippen LogP contribution in [-0.2, 0) is 11.3 Å². The summed E-state index contributed by atoms with van der Waals surface area (Å²) in [4.78, 5) is 27.5. The first-order valence-corrected chi connectivity index (χ1v) is 10.3. The van der Waals surface area contributed by atoms with E-state index in [0.29, 0.717) is 23.5 Å². The van der Waals surface area contributed by atoms with Gasteiger partial charge in [0.1, 0.15) is 11.8 Å². The average molecular weight is 403 g/mol. The van der Waals surface area contributed by atoms with Crippen molar-refractivity contribution in [3.63, 3.8) is 0 Å². The Balaban J connectivity index is 1.36. The van der Waals surface area contributed by atoms with Gasteiger partial charge < -0.3 is 15.0 Å². The Labute approximate surface area is 176 Å². The van der Waals surface area contributed by atoms with Crippen molar-refractivity contribution < 1.29 is 14.3 Å². The number of ether oxygens (including phenoxy) is 1. The molecule has 1 heterocycles. The van der Waals surface area contributed by atoms with Gasteiger partial charge in [0.25, 0.3) is 5.91 Å². The topological polar surface area (TPSA) is 82.4 Å². The Morgan fingerprint density at radius 3 is 2.63 bits per heavy atom. The zero-order chi connectivity index (χ0) is 21.3. The summed E-state index contributed by atoms with van der Waals surface area (Å²) in [5.41, 5.74) is 4.10. The van der Waals surface area contributed by atoms with E-state index in [-0.39, 0.29) is 23.8 Å². The maximum Gasteiger partial charge on any atom is 0.254 e. The number of carbonyl (C=O) groups is 2. The van der Waals surface area contributed by atoms with E-state index in [1.54, 1.807) is 18.2 Å². The number of anilines is 1. The maximum atomic E-state index is 12.8. The van der Waals surface area contributed by atoms with Crippen LogP contribution in [-0.4, -0.2) is 29.9 Å². The first kappa shape index (κ1) is 20.0. The van der Waals surface area contributed by atoms with E-state index in [0.717, 1.165) is 42.4 Å². The first-order valence-electron chi connectivity index (χ1n) is 10.3. The van der Waals surface area contributed by atoms with Gasteiger partial charge in [0.05, 0.1) is 12.7 Å². The lowest BCUT2D eigenvalue weighted by molar-refractivity contribution is -0.121. The summed E-state index contributed by atoms with van der Waals surface area (Å²) in [6, 6.07) is 13.2. The Morgan fingerprint density at radius 2 is 1.97 bits per heavy atom. The molecule has 2 aliphatic rings. The van der Waals surface area contributed by atoms with Crippen LogP contribution >= 0.6 is 0 Å². The summed E-state index contributed by atoms with van der Waals surface area (Å²) in [5, 5.41) is 12.1. The van der Waals surface area contributed by atoms with Crippen molar-refractivity contribution >= 4 is 17.5 Å². The van der Waals surface area contributed by atoms with Gasteiger partial charge in [0.2, 0.25) is 5.91 Å².